The zero-order chi connectivity index (χ0) is 12.5. The Balaban J connectivity index is 2.18. The van der Waals surface area contributed by atoms with Gasteiger partial charge in [0.1, 0.15) is 5.58 Å². The van der Waals surface area contributed by atoms with Crippen molar-refractivity contribution in [2.24, 2.45) is 0 Å². The molecule has 3 heteroatoms. The van der Waals surface area contributed by atoms with Crippen LogP contribution in [0, 0.1) is 0 Å². The number of halogens is 1. The topological polar surface area (TPSA) is 30.2 Å². The molecule has 1 heterocycles. The molecule has 0 saturated carbocycles. The van der Waals surface area contributed by atoms with E-state index in [1.807, 2.05) is 42.5 Å². The van der Waals surface area contributed by atoms with Gasteiger partial charge in [-0.1, -0.05) is 40.2 Å². The lowest BCUT2D eigenvalue weighted by Crippen LogP contribution is -1.94. The van der Waals surface area contributed by atoms with Gasteiger partial charge >= 0.3 is 5.63 Å². The van der Waals surface area contributed by atoms with Gasteiger partial charge in [0.05, 0.1) is 0 Å². The Kier molecular flexibility index (Phi) is 2.76. The number of hydrogen-bond donors (Lipinski definition) is 0. The molecule has 3 rings (SSSR count). The lowest BCUT2D eigenvalue weighted by atomic mass is 10.0. The summed E-state index contributed by atoms with van der Waals surface area (Å²) in [7, 11) is 0. The van der Waals surface area contributed by atoms with E-state index in [2.05, 4.69) is 15.9 Å². The summed E-state index contributed by atoms with van der Waals surface area (Å²) in [4.78, 5) is 11.2. The fourth-order valence-corrected chi connectivity index (χ4v) is 2.15. The van der Waals surface area contributed by atoms with Gasteiger partial charge in [-0.15, -0.1) is 0 Å². The maximum atomic E-state index is 11.2. The van der Waals surface area contributed by atoms with Gasteiger partial charge in [-0.3, -0.25) is 0 Å². The van der Waals surface area contributed by atoms with E-state index < -0.39 is 0 Å². The van der Waals surface area contributed by atoms with Crippen LogP contribution in [0.5, 0.6) is 0 Å². The van der Waals surface area contributed by atoms with E-state index in [0.717, 1.165) is 21.0 Å². The first kappa shape index (κ1) is 11.2. The van der Waals surface area contributed by atoms with Gasteiger partial charge in [-0.25, -0.2) is 4.79 Å². The molecule has 0 bridgehead atoms. The van der Waals surface area contributed by atoms with E-state index in [0.29, 0.717) is 5.58 Å². The second-order valence-corrected chi connectivity index (χ2v) is 4.93. The van der Waals surface area contributed by atoms with Gasteiger partial charge in [-0.2, -0.15) is 0 Å². The smallest absolute Gasteiger partial charge is 0.336 e. The summed E-state index contributed by atoms with van der Waals surface area (Å²) in [6.07, 6.45) is 0. The van der Waals surface area contributed by atoms with Gasteiger partial charge in [0, 0.05) is 15.9 Å². The summed E-state index contributed by atoms with van der Waals surface area (Å²) < 4.78 is 6.22. The van der Waals surface area contributed by atoms with Gasteiger partial charge < -0.3 is 4.42 Å². The van der Waals surface area contributed by atoms with E-state index in [1.165, 1.54) is 6.07 Å². The SMILES string of the molecule is O=c1ccc2ccc(-c3ccc(Br)cc3)cc2o1. The fourth-order valence-electron chi connectivity index (χ4n) is 1.88. The predicted octanol–water partition coefficient (Wildman–Crippen LogP) is 4.22. The molecule has 0 amide bonds. The van der Waals surface area contributed by atoms with Crippen molar-refractivity contribution in [3.8, 4) is 11.1 Å². The number of rotatable bonds is 1. The quantitative estimate of drug-likeness (QED) is 0.630. The third kappa shape index (κ3) is 2.09. The van der Waals surface area contributed by atoms with Crippen LogP contribution in [-0.2, 0) is 0 Å². The van der Waals surface area contributed by atoms with Crippen LogP contribution >= 0.6 is 15.9 Å². The summed E-state index contributed by atoms with van der Waals surface area (Å²) in [5, 5.41) is 0.926. The Labute approximate surface area is 112 Å². The summed E-state index contributed by atoms with van der Waals surface area (Å²) in [6, 6.07) is 17.1. The summed E-state index contributed by atoms with van der Waals surface area (Å²) in [5.74, 6) is 0. The Morgan fingerprint density at radius 2 is 1.50 bits per heavy atom. The molecule has 0 atom stereocenters. The minimum atomic E-state index is -0.324. The van der Waals surface area contributed by atoms with Crippen molar-refractivity contribution in [2.45, 2.75) is 0 Å². The van der Waals surface area contributed by atoms with Crippen molar-refractivity contribution in [1.29, 1.82) is 0 Å². The molecule has 1 aromatic heterocycles. The lowest BCUT2D eigenvalue weighted by Gasteiger charge is -2.03. The second kappa shape index (κ2) is 4.42. The van der Waals surface area contributed by atoms with E-state index >= 15 is 0 Å². The standard InChI is InChI=1S/C15H9BrO2/c16-13-6-3-10(4-7-13)12-2-1-11-5-8-15(17)18-14(11)9-12/h1-9H. The molecular weight excluding hydrogens is 292 g/mol. The van der Waals surface area contributed by atoms with Crippen molar-refractivity contribution in [3.05, 3.63) is 69.5 Å². The molecule has 0 aliphatic carbocycles. The minimum absolute atomic E-state index is 0.324. The van der Waals surface area contributed by atoms with E-state index in [4.69, 9.17) is 4.42 Å². The van der Waals surface area contributed by atoms with Gasteiger partial charge in [0.15, 0.2) is 0 Å². The Hall–Kier alpha value is -1.87. The zero-order valence-corrected chi connectivity index (χ0v) is 11.0. The molecule has 18 heavy (non-hydrogen) atoms. The van der Waals surface area contributed by atoms with E-state index in [-0.39, 0.29) is 5.63 Å². The second-order valence-electron chi connectivity index (χ2n) is 4.01. The maximum absolute atomic E-state index is 11.2. The molecule has 0 radical (unpaired) electrons. The van der Waals surface area contributed by atoms with Crippen molar-refractivity contribution >= 4 is 26.9 Å². The van der Waals surface area contributed by atoms with E-state index in [1.54, 1.807) is 6.07 Å². The zero-order valence-electron chi connectivity index (χ0n) is 9.39. The molecule has 0 saturated heterocycles. The van der Waals surface area contributed by atoms with Crippen LogP contribution in [0.15, 0.2) is 68.3 Å². The lowest BCUT2D eigenvalue weighted by molar-refractivity contribution is 0.561. The molecular formula is C15H9BrO2. The number of benzene rings is 2. The predicted molar refractivity (Wildman–Crippen MR) is 75.6 cm³/mol. The molecule has 2 aromatic carbocycles. The Morgan fingerprint density at radius 1 is 0.833 bits per heavy atom. The van der Waals surface area contributed by atoms with Gasteiger partial charge in [0.25, 0.3) is 0 Å². The molecule has 88 valence electrons. The first-order valence-corrected chi connectivity index (χ1v) is 6.31. The van der Waals surface area contributed by atoms with Crippen molar-refractivity contribution in [3.63, 3.8) is 0 Å². The highest BCUT2D eigenvalue weighted by atomic mass is 79.9. The monoisotopic (exact) mass is 300 g/mol. The highest BCUT2D eigenvalue weighted by Gasteiger charge is 2.01. The van der Waals surface area contributed by atoms with Crippen LogP contribution in [0.4, 0.5) is 0 Å². The highest BCUT2D eigenvalue weighted by molar-refractivity contribution is 9.10. The summed E-state index contributed by atoms with van der Waals surface area (Å²) in [6.45, 7) is 0. The van der Waals surface area contributed by atoms with Crippen molar-refractivity contribution in [1.82, 2.24) is 0 Å². The van der Waals surface area contributed by atoms with Crippen LogP contribution in [0.25, 0.3) is 22.1 Å². The summed E-state index contributed by atoms with van der Waals surface area (Å²) >= 11 is 3.41. The van der Waals surface area contributed by atoms with Crippen molar-refractivity contribution < 1.29 is 4.42 Å². The molecule has 2 nitrogen and oxygen atoms in total. The van der Waals surface area contributed by atoms with Crippen LogP contribution in [0.1, 0.15) is 0 Å². The molecule has 3 aromatic rings. The van der Waals surface area contributed by atoms with Gasteiger partial charge in [0.2, 0.25) is 0 Å². The van der Waals surface area contributed by atoms with Crippen LogP contribution in [0.2, 0.25) is 0 Å². The molecule has 0 aliphatic rings. The molecule has 0 fully saturated rings. The molecule has 0 aliphatic heterocycles. The number of hydrogen-bond acceptors (Lipinski definition) is 2. The first-order valence-electron chi connectivity index (χ1n) is 5.52. The Bertz CT molecular complexity index is 757. The highest BCUT2D eigenvalue weighted by Crippen LogP contribution is 2.25. The van der Waals surface area contributed by atoms with Crippen LogP contribution in [0.3, 0.4) is 0 Å². The average Bonchev–Trinajstić information content (AvgIpc) is 2.38. The summed E-state index contributed by atoms with van der Waals surface area (Å²) in [5.41, 5.74) is 2.41. The van der Waals surface area contributed by atoms with Gasteiger partial charge in [-0.05, 0) is 35.4 Å². The minimum Gasteiger partial charge on any atom is -0.423 e. The molecule has 0 unspecified atom stereocenters. The van der Waals surface area contributed by atoms with Crippen LogP contribution in [-0.4, -0.2) is 0 Å². The molecule has 0 N–H and O–H groups in total. The first-order chi connectivity index (χ1) is 8.72. The number of fused-ring (bicyclic) bond motifs is 1. The third-order valence-electron chi connectivity index (χ3n) is 2.80. The normalized spacial score (nSPS) is 10.7. The Morgan fingerprint density at radius 3 is 2.28 bits per heavy atom. The van der Waals surface area contributed by atoms with E-state index in [9.17, 15) is 4.79 Å². The van der Waals surface area contributed by atoms with Crippen LogP contribution < -0.4 is 5.63 Å². The third-order valence-corrected chi connectivity index (χ3v) is 3.33. The maximum Gasteiger partial charge on any atom is 0.336 e. The molecule has 0 spiro atoms. The fraction of sp³-hybridized carbons (Fsp3) is 0. The average molecular weight is 301 g/mol. The largest absolute Gasteiger partial charge is 0.423 e. The van der Waals surface area contributed by atoms with Crippen molar-refractivity contribution in [2.75, 3.05) is 0 Å².